The van der Waals surface area contributed by atoms with Gasteiger partial charge in [-0.3, -0.25) is 5.10 Å². The molecule has 2 aromatic heterocycles. The van der Waals surface area contributed by atoms with Crippen LogP contribution in [0.3, 0.4) is 0 Å². The first-order valence-electron chi connectivity index (χ1n) is 8.83. The van der Waals surface area contributed by atoms with Gasteiger partial charge in [0, 0.05) is 49.1 Å². The van der Waals surface area contributed by atoms with Gasteiger partial charge >= 0.3 is 0 Å². The molecule has 1 saturated heterocycles. The number of H-pyrrole nitrogens is 1. The second-order valence-corrected chi connectivity index (χ2v) is 6.67. The van der Waals surface area contributed by atoms with Crippen LogP contribution < -0.4 is 5.32 Å². The molecule has 0 unspecified atom stereocenters. The lowest BCUT2D eigenvalue weighted by Crippen LogP contribution is -2.24. The third-order valence-electron chi connectivity index (χ3n) is 4.86. The van der Waals surface area contributed by atoms with Crippen LogP contribution in [-0.2, 0) is 11.3 Å². The van der Waals surface area contributed by atoms with Gasteiger partial charge in [-0.05, 0) is 31.5 Å². The molecule has 1 aliphatic rings. The smallest absolute Gasteiger partial charge is 0.125 e. The van der Waals surface area contributed by atoms with Gasteiger partial charge in [0.15, 0.2) is 0 Å². The Morgan fingerprint density at radius 3 is 3.15 bits per heavy atom. The Bertz CT molecular complexity index is 861. The summed E-state index contributed by atoms with van der Waals surface area (Å²) in [5, 5.41) is 14.9. The number of benzene rings is 1. The highest BCUT2D eigenvalue weighted by Crippen LogP contribution is 2.33. The molecule has 3 aromatic rings. The summed E-state index contributed by atoms with van der Waals surface area (Å²) < 4.78 is 21.0. The van der Waals surface area contributed by atoms with Gasteiger partial charge in [-0.25, -0.2) is 9.07 Å². The normalized spacial score (nSPS) is 19.9. The number of halogens is 1. The van der Waals surface area contributed by atoms with Crippen LogP contribution in [0.15, 0.2) is 42.9 Å². The molecule has 0 radical (unpaired) electrons. The highest BCUT2D eigenvalue weighted by Gasteiger charge is 2.29. The maximum Gasteiger partial charge on any atom is 0.125 e. The van der Waals surface area contributed by atoms with Crippen LogP contribution in [0.1, 0.15) is 29.3 Å². The number of aryl methyl sites for hydroxylation is 1. The molecular weight excluding hydrogens is 333 g/mol. The van der Waals surface area contributed by atoms with E-state index < -0.39 is 0 Å². The molecule has 0 aliphatic carbocycles. The van der Waals surface area contributed by atoms with Gasteiger partial charge in [-0.2, -0.15) is 10.2 Å². The molecule has 1 aromatic carbocycles. The van der Waals surface area contributed by atoms with Crippen molar-refractivity contribution < 1.29 is 9.13 Å². The molecule has 7 heteroatoms. The average Bonchev–Trinajstić information content (AvgIpc) is 3.36. The van der Waals surface area contributed by atoms with Crippen LogP contribution in [-0.4, -0.2) is 33.1 Å². The van der Waals surface area contributed by atoms with E-state index in [1.54, 1.807) is 10.7 Å². The summed E-state index contributed by atoms with van der Waals surface area (Å²) in [4.78, 5) is 0. The Balaban J connectivity index is 1.38. The van der Waals surface area contributed by atoms with Crippen molar-refractivity contribution in [2.45, 2.75) is 26.0 Å². The van der Waals surface area contributed by atoms with Gasteiger partial charge in [0.25, 0.3) is 0 Å². The zero-order valence-electron chi connectivity index (χ0n) is 14.7. The number of ether oxygens (including phenoxy) is 1. The summed E-state index contributed by atoms with van der Waals surface area (Å²) in [6, 6.07) is 6.45. The molecular formula is C19H22FN5O. The van der Waals surface area contributed by atoms with Crippen LogP contribution in [0.2, 0.25) is 0 Å². The van der Waals surface area contributed by atoms with Gasteiger partial charge in [-0.1, -0.05) is 6.07 Å². The molecule has 4 rings (SSSR count). The van der Waals surface area contributed by atoms with Gasteiger partial charge in [0.05, 0.1) is 23.7 Å². The lowest BCUT2D eigenvalue weighted by atomic mass is 9.97. The van der Waals surface area contributed by atoms with E-state index in [0.717, 1.165) is 48.6 Å². The van der Waals surface area contributed by atoms with Crippen molar-refractivity contribution in [3.63, 3.8) is 0 Å². The van der Waals surface area contributed by atoms with Crippen molar-refractivity contribution in [1.29, 1.82) is 0 Å². The van der Waals surface area contributed by atoms with Crippen molar-refractivity contribution >= 4 is 0 Å². The zero-order chi connectivity index (χ0) is 17.9. The molecule has 2 atom stereocenters. The van der Waals surface area contributed by atoms with E-state index in [9.17, 15) is 4.39 Å². The predicted octanol–water partition coefficient (Wildman–Crippen LogP) is 2.91. The number of aromatic amines is 1. The maximum atomic E-state index is 13.4. The van der Waals surface area contributed by atoms with Crippen LogP contribution in [0, 0.1) is 18.7 Å². The van der Waals surface area contributed by atoms with Crippen molar-refractivity contribution in [2.24, 2.45) is 5.92 Å². The van der Waals surface area contributed by atoms with E-state index in [2.05, 4.69) is 20.6 Å². The number of rotatable bonds is 6. The maximum absolute atomic E-state index is 13.4. The summed E-state index contributed by atoms with van der Waals surface area (Å²) in [6.45, 7) is 4.33. The third kappa shape index (κ3) is 3.54. The summed E-state index contributed by atoms with van der Waals surface area (Å²) in [5.74, 6) is 0.160. The molecule has 0 spiro atoms. The van der Waals surface area contributed by atoms with Crippen molar-refractivity contribution in [3.8, 4) is 5.69 Å². The second kappa shape index (κ2) is 7.39. The van der Waals surface area contributed by atoms with Gasteiger partial charge in [0.2, 0.25) is 0 Å². The molecule has 3 heterocycles. The summed E-state index contributed by atoms with van der Waals surface area (Å²) in [7, 11) is 0. The lowest BCUT2D eigenvalue weighted by molar-refractivity contribution is 0.0905. The molecule has 2 N–H and O–H groups in total. The zero-order valence-corrected chi connectivity index (χ0v) is 14.7. The minimum absolute atomic E-state index is 0.0948. The molecule has 6 nitrogen and oxygen atoms in total. The van der Waals surface area contributed by atoms with E-state index in [4.69, 9.17) is 4.74 Å². The first kappa shape index (κ1) is 16.9. The number of hydrogen-bond acceptors (Lipinski definition) is 4. The first-order chi connectivity index (χ1) is 12.7. The average molecular weight is 355 g/mol. The van der Waals surface area contributed by atoms with E-state index in [1.165, 1.54) is 12.1 Å². The van der Waals surface area contributed by atoms with E-state index in [1.807, 2.05) is 31.6 Å². The standard InChI is InChI=1S/C19H22FN5O/c1-13-16(12-25(24-13)18-4-2-3-17(20)7-18)9-21-8-14-5-6-26-19(14)15-10-22-23-11-15/h2-4,7,10-12,14,19,21H,5-6,8-9H2,1H3,(H,22,23)/t14-,19+/m1/s1. The first-order valence-corrected chi connectivity index (χ1v) is 8.83. The largest absolute Gasteiger partial charge is 0.373 e. The minimum Gasteiger partial charge on any atom is -0.373 e. The molecule has 0 amide bonds. The number of nitrogens with zero attached hydrogens (tertiary/aromatic N) is 3. The summed E-state index contributed by atoms with van der Waals surface area (Å²) in [5.41, 5.74) is 3.87. The highest BCUT2D eigenvalue weighted by molar-refractivity contribution is 5.33. The Labute approximate surface area is 151 Å². The monoisotopic (exact) mass is 355 g/mol. The molecule has 0 bridgehead atoms. The van der Waals surface area contributed by atoms with Gasteiger partial charge < -0.3 is 10.1 Å². The Morgan fingerprint density at radius 1 is 1.42 bits per heavy atom. The third-order valence-corrected chi connectivity index (χ3v) is 4.86. The quantitative estimate of drug-likeness (QED) is 0.713. The molecule has 136 valence electrons. The molecule has 1 fully saturated rings. The van der Waals surface area contributed by atoms with Crippen LogP contribution in [0.4, 0.5) is 4.39 Å². The number of nitrogens with one attached hydrogen (secondary N) is 2. The fourth-order valence-electron chi connectivity index (χ4n) is 3.44. The van der Waals surface area contributed by atoms with E-state index >= 15 is 0 Å². The second-order valence-electron chi connectivity index (χ2n) is 6.67. The van der Waals surface area contributed by atoms with E-state index in [-0.39, 0.29) is 11.9 Å². The lowest BCUT2D eigenvalue weighted by Gasteiger charge is -2.17. The fourth-order valence-corrected chi connectivity index (χ4v) is 3.44. The van der Waals surface area contributed by atoms with E-state index in [0.29, 0.717) is 5.92 Å². The Morgan fingerprint density at radius 2 is 2.35 bits per heavy atom. The number of hydrogen-bond donors (Lipinski definition) is 2. The minimum atomic E-state index is -0.262. The van der Waals surface area contributed by atoms with Crippen LogP contribution in [0.25, 0.3) is 5.69 Å². The fraction of sp³-hybridized carbons (Fsp3) is 0.368. The van der Waals surface area contributed by atoms with Gasteiger partial charge in [-0.15, -0.1) is 0 Å². The molecule has 1 aliphatic heterocycles. The topological polar surface area (TPSA) is 67.8 Å². The van der Waals surface area contributed by atoms with Crippen molar-refractivity contribution in [1.82, 2.24) is 25.3 Å². The van der Waals surface area contributed by atoms with Crippen LogP contribution in [0.5, 0.6) is 0 Å². The predicted molar refractivity (Wildman–Crippen MR) is 95.4 cm³/mol. The molecule has 0 saturated carbocycles. The van der Waals surface area contributed by atoms with Crippen LogP contribution >= 0.6 is 0 Å². The Hall–Kier alpha value is -2.51. The SMILES string of the molecule is Cc1nn(-c2cccc(F)c2)cc1CNC[C@H]1CCO[C@@H]1c1cn[nH]c1. The Kier molecular flexibility index (Phi) is 4.81. The highest BCUT2D eigenvalue weighted by atomic mass is 19.1. The van der Waals surface area contributed by atoms with Crippen molar-refractivity contribution in [3.05, 3.63) is 65.5 Å². The summed E-state index contributed by atoms with van der Waals surface area (Å²) >= 11 is 0. The summed E-state index contributed by atoms with van der Waals surface area (Å²) in [6.07, 6.45) is 6.81. The van der Waals surface area contributed by atoms with Gasteiger partial charge in [0.1, 0.15) is 5.82 Å². The number of aromatic nitrogens is 4. The van der Waals surface area contributed by atoms with Crippen molar-refractivity contribution in [2.75, 3.05) is 13.2 Å². The molecule has 26 heavy (non-hydrogen) atoms.